The zero-order chi connectivity index (χ0) is 19.1. The number of rotatable bonds is 17. The molecule has 0 aliphatic heterocycles. The van der Waals surface area contributed by atoms with E-state index in [0.717, 1.165) is 30.6 Å². The van der Waals surface area contributed by atoms with Crippen LogP contribution in [0.2, 0.25) is 0 Å². The fourth-order valence-corrected chi connectivity index (χ4v) is 3.21. The predicted molar refractivity (Wildman–Crippen MR) is 105 cm³/mol. The molecule has 0 saturated carbocycles. The minimum atomic E-state index is -0.994. The number of hydrogen-bond acceptors (Lipinski definition) is 4. The van der Waals surface area contributed by atoms with Crippen LogP contribution in [0.1, 0.15) is 85.5 Å². The van der Waals surface area contributed by atoms with Crippen LogP contribution in [0, 0.1) is 17.8 Å². The third-order valence-electron chi connectivity index (χ3n) is 5.09. The first-order chi connectivity index (χ1) is 11.9. The Morgan fingerprint density at radius 2 is 1.20 bits per heavy atom. The van der Waals surface area contributed by atoms with Crippen molar-refractivity contribution in [1.82, 2.24) is 0 Å². The van der Waals surface area contributed by atoms with Gasteiger partial charge in [0.15, 0.2) is 0 Å². The average molecular weight is 361 g/mol. The van der Waals surface area contributed by atoms with Gasteiger partial charge in [-0.05, 0) is 24.2 Å². The lowest BCUT2D eigenvalue weighted by Gasteiger charge is -2.20. The van der Waals surface area contributed by atoms with Crippen molar-refractivity contribution in [2.75, 3.05) is 19.8 Å². The van der Waals surface area contributed by atoms with E-state index >= 15 is 0 Å². The number of aliphatic hydroxyl groups is 3. The van der Waals surface area contributed by atoms with Gasteiger partial charge in [-0.25, -0.2) is 0 Å². The van der Waals surface area contributed by atoms with Gasteiger partial charge in [-0.15, -0.1) is 0 Å². The van der Waals surface area contributed by atoms with E-state index in [1.807, 2.05) is 0 Å². The zero-order valence-electron chi connectivity index (χ0n) is 17.1. The van der Waals surface area contributed by atoms with Gasteiger partial charge in [-0.3, -0.25) is 0 Å². The van der Waals surface area contributed by atoms with Crippen LogP contribution in [0.25, 0.3) is 0 Å². The maximum absolute atomic E-state index is 9.45. The lowest BCUT2D eigenvalue weighted by atomic mass is 9.92. The number of unbranched alkanes of at least 4 members (excludes halogenated alkanes) is 1. The Balaban J connectivity index is 3.56. The number of aliphatic hydroxyl groups excluding tert-OH is 3. The molecule has 0 saturated heterocycles. The van der Waals surface area contributed by atoms with Gasteiger partial charge in [0.05, 0.1) is 13.2 Å². The molecule has 2 unspecified atom stereocenters. The minimum Gasteiger partial charge on any atom is -0.394 e. The molecule has 0 amide bonds. The van der Waals surface area contributed by atoms with Gasteiger partial charge in [0, 0.05) is 6.61 Å². The molecule has 0 radical (unpaired) electrons. The Bertz CT molecular complexity index is 283. The molecule has 0 aromatic heterocycles. The fraction of sp³-hybridized carbons (Fsp3) is 1.00. The van der Waals surface area contributed by atoms with Crippen molar-refractivity contribution >= 4 is 0 Å². The molecular formula is C21H44O4. The Labute approximate surface area is 156 Å². The molecule has 0 rings (SSSR count). The van der Waals surface area contributed by atoms with Crippen molar-refractivity contribution in [2.24, 2.45) is 17.8 Å². The summed E-state index contributed by atoms with van der Waals surface area (Å²) in [5, 5.41) is 27.4. The molecule has 0 heterocycles. The molecule has 0 aromatic carbocycles. The molecule has 3 N–H and O–H groups in total. The van der Waals surface area contributed by atoms with Gasteiger partial charge in [0.2, 0.25) is 0 Å². The number of hydrogen-bond donors (Lipinski definition) is 3. The van der Waals surface area contributed by atoms with Crippen LogP contribution in [0.15, 0.2) is 0 Å². The first-order valence-corrected chi connectivity index (χ1v) is 10.4. The highest BCUT2D eigenvalue weighted by atomic mass is 16.5. The van der Waals surface area contributed by atoms with Crippen molar-refractivity contribution in [2.45, 2.75) is 97.7 Å². The SMILES string of the molecule is CC(C)CCCC(C)CCCC(C)CCCCO[C@@H](CO)[C@H](O)CO. The molecule has 0 aliphatic carbocycles. The van der Waals surface area contributed by atoms with Gasteiger partial charge >= 0.3 is 0 Å². The maximum Gasteiger partial charge on any atom is 0.109 e. The molecule has 4 heteroatoms. The maximum atomic E-state index is 9.45. The first-order valence-electron chi connectivity index (χ1n) is 10.4. The second-order valence-corrected chi connectivity index (χ2v) is 8.30. The summed E-state index contributed by atoms with van der Waals surface area (Å²) in [6, 6.07) is 0. The highest BCUT2D eigenvalue weighted by molar-refractivity contribution is 4.66. The normalized spacial score (nSPS) is 16.8. The lowest BCUT2D eigenvalue weighted by Crippen LogP contribution is -2.35. The van der Waals surface area contributed by atoms with Crippen LogP contribution < -0.4 is 0 Å². The largest absolute Gasteiger partial charge is 0.394 e. The summed E-state index contributed by atoms with van der Waals surface area (Å²) >= 11 is 0. The van der Waals surface area contributed by atoms with Crippen LogP contribution in [0.3, 0.4) is 0 Å². The van der Waals surface area contributed by atoms with E-state index in [9.17, 15) is 5.11 Å². The quantitative estimate of drug-likeness (QED) is 0.341. The van der Waals surface area contributed by atoms with Crippen molar-refractivity contribution in [3.8, 4) is 0 Å². The van der Waals surface area contributed by atoms with Crippen LogP contribution in [-0.2, 0) is 4.74 Å². The third kappa shape index (κ3) is 14.7. The second kappa shape index (κ2) is 16.0. The van der Waals surface area contributed by atoms with Crippen LogP contribution in [0.4, 0.5) is 0 Å². The van der Waals surface area contributed by atoms with Crippen molar-refractivity contribution in [1.29, 1.82) is 0 Å². The topological polar surface area (TPSA) is 69.9 Å². The van der Waals surface area contributed by atoms with E-state index in [1.165, 1.54) is 44.9 Å². The highest BCUT2D eigenvalue weighted by Crippen LogP contribution is 2.21. The minimum absolute atomic E-state index is 0.256. The van der Waals surface area contributed by atoms with Crippen molar-refractivity contribution in [3.05, 3.63) is 0 Å². The molecule has 0 fully saturated rings. The van der Waals surface area contributed by atoms with E-state index in [2.05, 4.69) is 27.7 Å². The molecule has 25 heavy (non-hydrogen) atoms. The molecule has 0 aromatic rings. The molecular weight excluding hydrogens is 316 g/mol. The summed E-state index contributed by atoms with van der Waals surface area (Å²) in [5.74, 6) is 2.43. The smallest absolute Gasteiger partial charge is 0.109 e. The van der Waals surface area contributed by atoms with Gasteiger partial charge in [-0.1, -0.05) is 79.1 Å². The highest BCUT2D eigenvalue weighted by Gasteiger charge is 2.17. The third-order valence-corrected chi connectivity index (χ3v) is 5.09. The predicted octanol–water partition coefficient (Wildman–Crippen LogP) is 4.16. The van der Waals surface area contributed by atoms with Crippen molar-refractivity contribution < 1.29 is 20.1 Å². The Kier molecular flexibility index (Phi) is 15.9. The average Bonchev–Trinajstić information content (AvgIpc) is 2.57. The zero-order valence-corrected chi connectivity index (χ0v) is 17.1. The summed E-state index contributed by atoms with van der Waals surface area (Å²) in [6.45, 7) is 9.22. The van der Waals surface area contributed by atoms with Gasteiger partial charge < -0.3 is 20.1 Å². The van der Waals surface area contributed by atoms with E-state index in [-0.39, 0.29) is 13.2 Å². The first kappa shape index (κ1) is 24.8. The Hall–Kier alpha value is -0.160. The summed E-state index contributed by atoms with van der Waals surface area (Å²) < 4.78 is 5.43. The number of ether oxygens (including phenoxy) is 1. The van der Waals surface area contributed by atoms with Crippen LogP contribution in [0.5, 0.6) is 0 Å². The van der Waals surface area contributed by atoms with Gasteiger partial charge in [0.1, 0.15) is 12.2 Å². The summed E-state index contributed by atoms with van der Waals surface area (Å²) in [5.41, 5.74) is 0. The van der Waals surface area contributed by atoms with Crippen molar-refractivity contribution in [3.63, 3.8) is 0 Å². The van der Waals surface area contributed by atoms with Crippen LogP contribution >= 0.6 is 0 Å². The molecule has 0 bridgehead atoms. The monoisotopic (exact) mass is 360 g/mol. The fourth-order valence-electron chi connectivity index (χ4n) is 3.21. The van der Waals surface area contributed by atoms with Gasteiger partial charge in [0.25, 0.3) is 0 Å². The summed E-state index contributed by atoms with van der Waals surface area (Å²) in [7, 11) is 0. The molecule has 0 aliphatic rings. The molecule has 4 atom stereocenters. The molecule has 0 spiro atoms. The van der Waals surface area contributed by atoms with E-state index in [4.69, 9.17) is 14.9 Å². The molecule has 4 nitrogen and oxygen atoms in total. The lowest BCUT2D eigenvalue weighted by molar-refractivity contribution is -0.0802. The summed E-state index contributed by atoms with van der Waals surface area (Å²) in [4.78, 5) is 0. The van der Waals surface area contributed by atoms with Crippen LogP contribution in [-0.4, -0.2) is 47.3 Å². The van der Waals surface area contributed by atoms with E-state index in [1.54, 1.807) is 0 Å². The van der Waals surface area contributed by atoms with Gasteiger partial charge in [-0.2, -0.15) is 0 Å². The van der Waals surface area contributed by atoms with E-state index < -0.39 is 12.2 Å². The Morgan fingerprint density at radius 3 is 1.68 bits per heavy atom. The second-order valence-electron chi connectivity index (χ2n) is 8.30. The standard InChI is InChI=1S/C21H44O4/c1-17(2)9-7-11-19(4)13-8-12-18(3)10-5-6-14-25-21(16-23)20(24)15-22/h17-24H,5-16H2,1-4H3/t18?,19?,20-,21+/m1/s1. The van der Waals surface area contributed by atoms with E-state index in [0.29, 0.717) is 6.61 Å². The molecule has 152 valence electrons. The summed E-state index contributed by atoms with van der Waals surface area (Å²) in [6.07, 6.45) is 9.67. The Morgan fingerprint density at radius 1 is 0.680 bits per heavy atom.